The number of aliphatic hydroxyl groups excluding tert-OH is 1. The molecule has 3 heteroatoms. The molecule has 1 aliphatic heterocycles. The zero-order valence-corrected chi connectivity index (χ0v) is 8.70. The van der Waals surface area contributed by atoms with Crippen LogP contribution in [0.25, 0.3) is 0 Å². The molecule has 0 aromatic heterocycles. The normalized spacial score (nSPS) is 29.8. The van der Waals surface area contributed by atoms with Crippen molar-refractivity contribution in [3.05, 3.63) is 0 Å². The molecule has 1 saturated heterocycles. The maximum absolute atomic E-state index is 9.07. The summed E-state index contributed by atoms with van der Waals surface area (Å²) < 4.78 is 5.01. The van der Waals surface area contributed by atoms with Crippen molar-refractivity contribution in [2.75, 3.05) is 33.4 Å². The van der Waals surface area contributed by atoms with E-state index >= 15 is 0 Å². The zero-order chi connectivity index (χ0) is 9.68. The molecule has 2 unspecified atom stereocenters. The molecule has 0 aliphatic carbocycles. The van der Waals surface area contributed by atoms with Crippen molar-refractivity contribution in [3.8, 4) is 0 Å². The van der Waals surface area contributed by atoms with E-state index in [1.165, 1.54) is 0 Å². The second kappa shape index (κ2) is 5.58. The molecule has 0 spiro atoms. The number of ether oxygens (including phenoxy) is 1. The Balaban J connectivity index is 2.20. The van der Waals surface area contributed by atoms with E-state index in [9.17, 15) is 0 Å². The molecule has 1 heterocycles. The smallest absolute Gasteiger partial charge is 0.0474 e. The van der Waals surface area contributed by atoms with Crippen molar-refractivity contribution in [1.82, 2.24) is 4.90 Å². The Morgan fingerprint density at radius 2 is 2.31 bits per heavy atom. The molecule has 1 N–H and O–H groups in total. The second-order valence-electron chi connectivity index (χ2n) is 3.85. The molecule has 0 aromatic carbocycles. The van der Waals surface area contributed by atoms with Gasteiger partial charge in [-0.25, -0.2) is 0 Å². The van der Waals surface area contributed by atoms with Crippen LogP contribution in [0.4, 0.5) is 0 Å². The first-order valence-electron chi connectivity index (χ1n) is 5.13. The van der Waals surface area contributed by atoms with Gasteiger partial charge >= 0.3 is 0 Å². The number of aliphatic hydroxyl groups is 1. The third-order valence-corrected chi connectivity index (χ3v) is 3.07. The second-order valence-corrected chi connectivity index (χ2v) is 3.85. The standard InChI is InChI=1S/C10H21NO2/c1-9-10(8-12)4-6-11(9)5-3-7-13-2/h9-10,12H,3-8H2,1-2H3. The van der Waals surface area contributed by atoms with E-state index < -0.39 is 0 Å². The molecule has 0 radical (unpaired) electrons. The Labute approximate surface area is 80.7 Å². The summed E-state index contributed by atoms with van der Waals surface area (Å²) in [5.74, 6) is 0.488. The van der Waals surface area contributed by atoms with Gasteiger partial charge in [0.05, 0.1) is 0 Å². The molecule has 1 fully saturated rings. The minimum atomic E-state index is 0.335. The van der Waals surface area contributed by atoms with Crippen molar-refractivity contribution >= 4 is 0 Å². The van der Waals surface area contributed by atoms with Gasteiger partial charge in [-0.2, -0.15) is 0 Å². The highest BCUT2D eigenvalue weighted by Gasteiger charge is 2.29. The number of likely N-dealkylation sites (tertiary alicyclic amines) is 1. The SMILES string of the molecule is COCCCN1CCC(CO)C1C. The van der Waals surface area contributed by atoms with Crippen LogP contribution in [0.15, 0.2) is 0 Å². The zero-order valence-electron chi connectivity index (χ0n) is 8.70. The number of hydrogen-bond acceptors (Lipinski definition) is 3. The largest absolute Gasteiger partial charge is 0.396 e. The van der Waals surface area contributed by atoms with Gasteiger partial charge in [-0.3, -0.25) is 0 Å². The minimum Gasteiger partial charge on any atom is -0.396 e. The Hall–Kier alpha value is -0.120. The van der Waals surface area contributed by atoms with E-state index in [0.717, 1.165) is 32.5 Å². The molecule has 78 valence electrons. The quantitative estimate of drug-likeness (QED) is 0.644. The lowest BCUT2D eigenvalue weighted by molar-refractivity contribution is 0.151. The van der Waals surface area contributed by atoms with E-state index in [2.05, 4.69) is 11.8 Å². The highest BCUT2D eigenvalue weighted by atomic mass is 16.5. The highest BCUT2D eigenvalue weighted by Crippen LogP contribution is 2.23. The Kier molecular flexibility index (Phi) is 4.70. The molecule has 2 atom stereocenters. The van der Waals surface area contributed by atoms with Crippen LogP contribution in [0.3, 0.4) is 0 Å². The van der Waals surface area contributed by atoms with E-state index in [1.54, 1.807) is 7.11 Å². The monoisotopic (exact) mass is 187 g/mol. The van der Waals surface area contributed by atoms with Gasteiger partial charge in [0.25, 0.3) is 0 Å². The van der Waals surface area contributed by atoms with Crippen molar-refractivity contribution in [2.24, 2.45) is 5.92 Å². The van der Waals surface area contributed by atoms with Crippen molar-refractivity contribution < 1.29 is 9.84 Å². The van der Waals surface area contributed by atoms with Gasteiger partial charge in [-0.05, 0) is 32.2 Å². The van der Waals surface area contributed by atoms with Gasteiger partial charge in [0.2, 0.25) is 0 Å². The predicted molar refractivity (Wildman–Crippen MR) is 52.7 cm³/mol. The van der Waals surface area contributed by atoms with Crippen LogP contribution in [0.5, 0.6) is 0 Å². The maximum atomic E-state index is 9.07. The maximum Gasteiger partial charge on any atom is 0.0474 e. The average Bonchev–Trinajstić information content (AvgIpc) is 2.48. The molecule has 1 aliphatic rings. The minimum absolute atomic E-state index is 0.335. The Morgan fingerprint density at radius 3 is 2.85 bits per heavy atom. The molecule has 1 rings (SSSR count). The van der Waals surface area contributed by atoms with Crippen LogP contribution in [0, 0.1) is 5.92 Å². The number of nitrogens with zero attached hydrogens (tertiary/aromatic N) is 1. The molecule has 0 bridgehead atoms. The van der Waals surface area contributed by atoms with Gasteiger partial charge < -0.3 is 14.7 Å². The van der Waals surface area contributed by atoms with E-state index in [1.807, 2.05) is 0 Å². The summed E-state index contributed by atoms with van der Waals surface area (Å²) >= 11 is 0. The lowest BCUT2D eigenvalue weighted by atomic mass is 10.0. The van der Waals surface area contributed by atoms with Crippen LogP contribution >= 0.6 is 0 Å². The molecule has 13 heavy (non-hydrogen) atoms. The lowest BCUT2D eigenvalue weighted by Gasteiger charge is -2.23. The number of rotatable bonds is 5. The molecule has 0 amide bonds. The van der Waals surface area contributed by atoms with Crippen molar-refractivity contribution in [1.29, 1.82) is 0 Å². The van der Waals surface area contributed by atoms with Crippen LogP contribution in [-0.4, -0.2) is 49.5 Å². The van der Waals surface area contributed by atoms with Crippen LogP contribution in [0.1, 0.15) is 19.8 Å². The molecular formula is C10H21NO2. The molecule has 0 saturated carbocycles. The first kappa shape index (κ1) is 11.0. The fourth-order valence-electron chi connectivity index (χ4n) is 2.05. The third-order valence-electron chi connectivity index (χ3n) is 3.07. The highest BCUT2D eigenvalue weighted by molar-refractivity contribution is 4.83. The van der Waals surface area contributed by atoms with E-state index in [4.69, 9.17) is 9.84 Å². The molecule has 0 aromatic rings. The predicted octanol–water partition coefficient (Wildman–Crippen LogP) is 0.726. The van der Waals surface area contributed by atoms with Crippen molar-refractivity contribution in [3.63, 3.8) is 0 Å². The lowest BCUT2D eigenvalue weighted by Crippen LogP contribution is -2.32. The summed E-state index contributed by atoms with van der Waals surface area (Å²) in [6.07, 6.45) is 2.24. The average molecular weight is 187 g/mol. The van der Waals surface area contributed by atoms with Gasteiger partial charge in [-0.15, -0.1) is 0 Å². The summed E-state index contributed by atoms with van der Waals surface area (Å²) in [5, 5.41) is 9.07. The fraction of sp³-hybridized carbons (Fsp3) is 1.00. The summed E-state index contributed by atoms with van der Waals surface area (Å²) in [6, 6.07) is 0.543. The third kappa shape index (κ3) is 2.93. The summed E-state index contributed by atoms with van der Waals surface area (Å²) in [7, 11) is 1.74. The topological polar surface area (TPSA) is 32.7 Å². The first-order chi connectivity index (χ1) is 6.29. The van der Waals surface area contributed by atoms with E-state index in [0.29, 0.717) is 18.6 Å². The van der Waals surface area contributed by atoms with Gasteiger partial charge in [0.1, 0.15) is 0 Å². The number of hydrogen-bond donors (Lipinski definition) is 1. The fourth-order valence-corrected chi connectivity index (χ4v) is 2.05. The summed E-state index contributed by atoms with van der Waals surface area (Å²) in [6.45, 7) is 5.62. The first-order valence-corrected chi connectivity index (χ1v) is 5.13. The molecule has 3 nitrogen and oxygen atoms in total. The van der Waals surface area contributed by atoms with Crippen molar-refractivity contribution in [2.45, 2.75) is 25.8 Å². The van der Waals surface area contributed by atoms with Gasteiger partial charge in [0.15, 0.2) is 0 Å². The summed E-state index contributed by atoms with van der Waals surface area (Å²) in [5.41, 5.74) is 0. The van der Waals surface area contributed by atoms with Crippen LogP contribution in [-0.2, 0) is 4.74 Å². The molecular weight excluding hydrogens is 166 g/mol. The van der Waals surface area contributed by atoms with Crippen LogP contribution in [0.2, 0.25) is 0 Å². The Morgan fingerprint density at radius 1 is 1.54 bits per heavy atom. The van der Waals surface area contributed by atoms with Gasteiger partial charge in [-0.1, -0.05) is 0 Å². The Bertz CT molecular complexity index is 141. The summed E-state index contributed by atoms with van der Waals surface area (Å²) in [4.78, 5) is 2.44. The van der Waals surface area contributed by atoms with Gasteiger partial charge in [0, 0.05) is 32.9 Å². The number of methoxy groups -OCH3 is 1. The van der Waals surface area contributed by atoms with Crippen LogP contribution < -0.4 is 0 Å². The van der Waals surface area contributed by atoms with E-state index in [-0.39, 0.29) is 0 Å².